The number of alkyl carbamates (subject to hydrolysis) is 1. The zero-order valence-corrected chi connectivity index (χ0v) is 13.8. The van der Waals surface area contributed by atoms with Crippen LogP contribution in [0.2, 0.25) is 0 Å². The zero-order chi connectivity index (χ0) is 15.2. The molecule has 1 saturated carbocycles. The summed E-state index contributed by atoms with van der Waals surface area (Å²) >= 11 is 0. The number of rotatable bonds is 5. The summed E-state index contributed by atoms with van der Waals surface area (Å²) in [6.07, 6.45) is 5.79. The summed E-state index contributed by atoms with van der Waals surface area (Å²) in [6.45, 7) is 10.8. The molecule has 1 aliphatic rings. The lowest BCUT2D eigenvalue weighted by molar-refractivity contribution is 0.0510. The molecule has 2 N–H and O–H groups in total. The number of ether oxygens (including phenoxy) is 1. The Kier molecular flexibility index (Phi) is 6.80. The highest BCUT2D eigenvalue weighted by Gasteiger charge is 2.26. The Labute approximate surface area is 124 Å². The van der Waals surface area contributed by atoms with Gasteiger partial charge < -0.3 is 15.4 Å². The van der Waals surface area contributed by atoms with Crippen molar-refractivity contribution in [2.24, 2.45) is 5.92 Å². The second kappa shape index (κ2) is 7.87. The van der Waals surface area contributed by atoms with Crippen LogP contribution in [0.25, 0.3) is 0 Å². The third-order valence-corrected chi connectivity index (χ3v) is 3.93. The van der Waals surface area contributed by atoms with Crippen LogP contribution in [0, 0.1) is 5.92 Å². The summed E-state index contributed by atoms with van der Waals surface area (Å²) in [4.78, 5) is 11.7. The van der Waals surface area contributed by atoms with Crippen molar-refractivity contribution in [2.45, 2.75) is 84.4 Å². The highest BCUT2D eigenvalue weighted by atomic mass is 16.6. The van der Waals surface area contributed by atoms with E-state index in [9.17, 15) is 4.79 Å². The minimum Gasteiger partial charge on any atom is -0.444 e. The van der Waals surface area contributed by atoms with E-state index in [1.165, 1.54) is 25.7 Å². The van der Waals surface area contributed by atoms with Crippen LogP contribution in [0.4, 0.5) is 4.79 Å². The van der Waals surface area contributed by atoms with Crippen LogP contribution in [0.15, 0.2) is 0 Å². The molecule has 0 saturated heterocycles. The molecule has 0 aromatic rings. The van der Waals surface area contributed by atoms with Gasteiger partial charge in [0, 0.05) is 18.6 Å². The third-order valence-electron chi connectivity index (χ3n) is 3.93. The molecular weight excluding hydrogens is 252 g/mol. The van der Waals surface area contributed by atoms with E-state index in [0.29, 0.717) is 24.5 Å². The molecule has 3 unspecified atom stereocenters. The van der Waals surface area contributed by atoms with Gasteiger partial charge in [-0.1, -0.05) is 19.8 Å². The number of hydrogen-bond donors (Lipinski definition) is 2. The van der Waals surface area contributed by atoms with Gasteiger partial charge in [0.05, 0.1) is 0 Å². The van der Waals surface area contributed by atoms with Crippen LogP contribution < -0.4 is 10.6 Å². The van der Waals surface area contributed by atoms with Gasteiger partial charge >= 0.3 is 6.09 Å². The molecule has 0 bridgehead atoms. The quantitative estimate of drug-likeness (QED) is 0.813. The van der Waals surface area contributed by atoms with E-state index < -0.39 is 5.60 Å². The molecule has 1 aliphatic carbocycles. The molecule has 1 amide bonds. The van der Waals surface area contributed by atoms with Crippen LogP contribution >= 0.6 is 0 Å². The van der Waals surface area contributed by atoms with Crippen LogP contribution in [-0.2, 0) is 4.74 Å². The Balaban J connectivity index is 2.40. The number of hydrogen-bond acceptors (Lipinski definition) is 3. The van der Waals surface area contributed by atoms with Gasteiger partial charge in [-0.15, -0.1) is 0 Å². The van der Waals surface area contributed by atoms with E-state index in [0.717, 1.165) is 6.42 Å². The molecule has 0 aromatic heterocycles. The van der Waals surface area contributed by atoms with Crippen molar-refractivity contribution in [3.8, 4) is 0 Å². The van der Waals surface area contributed by atoms with E-state index in [1.54, 1.807) is 0 Å². The second-order valence-electron chi connectivity index (χ2n) is 7.01. The Bertz CT molecular complexity index is 299. The first kappa shape index (κ1) is 17.3. The summed E-state index contributed by atoms with van der Waals surface area (Å²) in [6, 6.07) is 1.07. The summed E-state index contributed by atoms with van der Waals surface area (Å²) in [7, 11) is 0. The number of nitrogens with one attached hydrogen (secondary N) is 2. The molecule has 1 rings (SSSR count). The molecule has 20 heavy (non-hydrogen) atoms. The first-order chi connectivity index (χ1) is 9.31. The van der Waals surface area contributed by atoms with Crippen LogP contribution in [0.3, 0.4) is 0 Å². The van der Waals surface area contributed by atoms with E-state index in [4.69, 9.17) is 4.74 Å². The normalized spacial score (nSPS) is 25.1. The van der Waals surface area contributed by atoms with Crippen molar-refractivity contribution >= 4 is 6.09 Å². The monoisotopic (exact) mass is 284 g/mol. The lowest BCUT2D eigenvalue weighted by Crippen LogP contribution is -2.47. The van der Waals surface area contributed by atoms with Crippen LogP contribution in [0.5, 0.6) is 0 Å². The maximum atomic E-state index is 11.7. The van der Waals surface area contributed by atoms with Crippen molar-refractivity contribution in [1.29, 1.82) is 0 Å². The molecule has 0 radical (unpaired) electrons. The molecule has 0 aliphatic heterocycles. The average molecular weight is 284 g/mol. The highest BCUT2D eigenvalue weighted by molar-refractivity contribution is 5.67. The number of carbonyl (C=O) groups is 1. The smallest absolute Gasteiger partial charge is 0.407 e. The maximum Gasteiger partial charge on any atom is 0.407 e. The fourth-order valence-corrected chi connectivity index (χ4v) is 2.68. The van der Waals surface area contributed by atoms with Crippen molar-refractivity contribution in [3.63, 3.8) is 0 Å². The van der Waals surface area contributed by atoms with Crippen molar-refractivity contribution in [2.75, 3.05) is 6.54 Å². The van der Waals surface area contributed by atoms with E-state index in [-0.39, 0.29) is 6.09 Å². The van der Waals surface area contributed by atoms with Crippen molar-refractivity contribution < 1.29 is 9.53 Å². The topological polar surface area (TPSA) is 50.4 Å². The minimum atomic E-state index is -0.426. The molecule has 0 spiro atoms. The summed E-state index contributed by atoms with van der Waals surface area (Å²) in [5, 5.41) is 6.63. The van der Waals surface area contributed by atoms with Crippen molar-refractivity contribution in [1.82, 2.24) is 10.6 Å². The first-order valence-corrected chi connectivity index (χ1v) is 8.04. The van der Waals surface area contributed by atoms with E-state index >= 15 is 0 Å². The molecule has 3 atom stereocenters. The largest absolute Gasteiger partial charge is 0.444 e. The summed E-state index contributed by atoms with van der Waals surface area (Å²) < 4.78 is 5.30. The van der Waals surface area contributed by atoms with Gasteiger partial charge in [-0.05, 0) is 52.9 Å². The molecule has 4 nitrogen and oxygen atoms in total. The maximum absolute atomic E-state index is 11.7. The van der Waals surface area contributed by atoms with E-state index in [2.05, 4.69) is 24.5 Å². The van der Waals surface area contributed by atoms with E-state index in [1.807, 2.05) is 20.8 Å². The standard InChI is InChI=1S/C16H32N2O2/c1-6-12(2)18-14-10-8-7-9-13(14)11-17-15(19)20-16(3,4)5/h12-14,18H,6-11H2,1-5H3,(H,17,19). The minimum absolute atomic E-state index is 0.301. The Morgan fingerprint density at radius 2 is 1.95 bits per heavy atom. The number of carbonyl (C=O) groups excluding carboxylic acids is 1. The molecule has 0 heterocycles. The first-order valence-electron chi connectivity index (χ1n) is 8.04. The van der Waals surface area contributed by atoms with Gasteiger partial charge in [0.1, 0.15) is 5.60 Å². The lowest BCUT2D eigenvalue weighted by Gasteiger charge is -2.34. The predicted molar refractivity (Wildman–Crippen MR) is 82.9 cm³/mol. The Hall–Kier alpha value is -0.770. The van der Waals surface area contributed by atoms with Gasteiger partial charge in [0.15, 0.2) is 0 Å². The molecular formula is C16H32N2O2. The average Bonchev–Trinajstić information content (AvgIpc) is 2.35. The SMILES string of the molecule is CCC(C)NC1CCCCC1CNC(=O)OC(C)(C)C. The molecule has 118 valence electrons. The van der Waals surface area contributed by atoms with Gasteiger partial charge in [0.2, 0.25) is 0 Å². The Morgan fingerprint density at radius 1 is 1.30 bits per heavy atom. The lowest BCUT2D eigenvalue weighted by atomic mass is 9.84. The van der Waals surface area contributed by atoms with Gasteiger partial charge in [-0.3, -0.25) is 0 Å². The molecule has 4 heteroatoms. The fraction of sp³-hybridized carbons (Fsp3) is 0.938. The van der Waals surface area contributed by atoms with Crippen LogP contribution in [0.1, 0.15) is 66.7 Å². The second-order valence-corrected chi connectivity index (χ2v) is 7.01. The molecule has 0 aromatic carbocycles. The third kappa shape index (κ3) is 6.60. The summed E-state index contributed by atoms with van der Waals surface area (Å²) in [5.74, 6) is 0.519. The molecule has 1 fully saturated rings. The fourth-order valence-electron chi connectivity index (χ4n) is 2.68. The van der Waals surface area contributed by atoms with Crippen LogP contribution in [-0.4, -0.2) is 30.3 Å². The van der Waals surface area contributed by atoms with Gasteiger partial charge in [0.25, 0.3) is 0 Å². The van der Waals surface area contributed by atoms with Gasteiger partial charge in [-0.2, -0.15) is 0 Å². The van der Waals surface area contributed by atoms with Gasteiger partial charge in [-0.25, -0.2) is 4.79 Å². The van der Waals surface area contributed by atoms with Crippen molar-refractivity contribution in [3.05, 3.63) is 0 Å². The highest BCUT2D eigenvalue weighted by Crippen LogP contribution is 2.24. The zero-order valence-electron chi connectivity index (χ0n) is 13.8. The predicted octanol–water partition coefficient (Wildman–Crippen LogP) is 3.46. The Morgan fingerprint density at radius 3 is 2.55 bits per heavy atom. The summed E-state index contributed by atoms with van der Waals surface area (Å²) in [5.41, 5.74) is -0.426. The number of amides is 1.